The number of pyridine rings is 1. The van der Waals surface area contributed by atoms with Crippen LogP contribution in [0.1, 0.15) is 10.4 Å². The van der Waals surface area contributed by atoms with Crippen LogP contribution in [0.2, 0.25) is 0 Å². The lowest BCUT2D eigenvalue weighted by molar-refractivity contribution is 0.0972. The molecule has 0 radical (unpaired) electrons. The molecular weight excluding hydrogens is 392 g/mol. The number of sulfonamides is 1. The highest BCUT2D eigenvalue weighted by molar-refractivity contribution is 7.88. The molecule has 1 amide bonds. The molecule has 0 bridgehead atoms. The van der Waals surface area contributed by atoms with Crippen molar-refractivity contribution < 1.29 is 18.0 Å². The second-order valence-electron chi connectivity index (χ2n) is 5.96. The van der Waals surface area contributed by atoms with E-state index >= 15 is 0 Å². The Bertz CT molecular complexity index is 1120. The summed E-state index contributed by atoms with van der Waals surface area (Å²) in [6.45, 7) is 0. The van der Waals surface area contributed by atoms with E-state index in [1.807, 2.05) is 18.2 Å². The lowest BCUT2D eigenvalue weighted by atomic mass is 10.1. The number of hydroxylamine groups is 1. The molecule has 1 aromatic heterocycles. The number of aliphatic imine (C=N–C) groups is 1. The molecule has 8 nitrogen and oxygen atoms in total. The molecule has 0 saturated carbocycles. The van der Waals surface area contributed by atoms with Gasteiger partial charge in [-0.2, -0.15) is 4.99 Å². The number of hydrogen-bond acceptors (Lipinski definition) is 5. The Morgan fingerprint density at radius 1 is 1.00 bits per heavy atom. The number of rotatable bonds is 5. The van der Waals surface area contributed by atoms with Crippen molar-refractivity contribution in [2.24, 2.45) is 10.7 Å². The minimum atomic E-state index is -3.96. The third-order valence-corrected chi connectivity index (χ3v) is 4.59. The summed E-state index contributed by atoms with van der Waals surface area (Å²) in [4.78, 5) is 25.5. The van der Waals surface area contributed by atoms with Gasteiger partial charge in [-0.25, -0.2) is 8.42 Å². The Labute approximate surface area is 168 Å². The minimum Gasteiger partial charge on any atom is -0.366 e. The molecule has 2 N–H and O–H groups in total. The first-order chi connectivity index (χ1) is 13.8. The number of nitrogens with two attached hydrogens (primary N) is 1. The first-order valence-electron chi connectivity index (χ1n) is 8.48. The second-order valence-corrected chi connectivity index (χ2v) is 7.76. The Morgan fingerprint density at radius 2 is 1.66 bits per heavy atom. The van der Waals surface area contributed by atoms with Crippen LogP contribution in [0.4, 0.5) is 0 Å². The standard InChI is InChI=1S/C20H18N4O4S/c1-29(26,27)24(20(21)23-19(25)16-7-3-2-4-8-16)28-17-12-10-15(11-13-17)18-9-5-6-14-22-18/h2-14H,1H3,(H2,21,23,25). The summed E-state index contributed by atoms with van der Waals surface area (Å²) in [5, 5.41) is 0. The van der Waals surface area contributed by atoms with Gasteiger partial charge in [0.1, 0.15) is 0 Å². The van der Waals surface area contributed by atoms with E-state index < -0.39 is 21.9 Å². The zero-order valence-corrected chi connectivity index (χ0v) is 16.3. The van der Waals surface area contributed by atoms with Crippen LogP contribution >= 0.6 is 0 Å². The summed E-state index contributed by atoms with van der Waals surface area (Å²) in [5.41, 5.74) is 7.60. The normalized spacial score (nSPS) is 11.7. The summed E-state index contributed by atoms with van der Waals surface area (Å²) in [5.74, 6) is -1.10. The molecule has 0 spiro atoms. The predicted octanol–water partition coefficient (Wildman–Crippen LogP) is 2.46. The SMILES string of the molecule is CS(=O)(=O)N(Oc1ccc(-c2ccccn2)cc1)C(N)=NC(=O)c1ccccc1. The average Bonchev–Trinajstić information content (AvgIpc) is 2.73. The van der Waals surface area contributed by atoms with Gasteiger partial charge in [0.15, 0.2) is 5.75 Å². The van der Waals surface area contributed by atoms with Crippen molar-refractivity contribution in [1.82, 2.24) is 9.45 Å². The Morgan fingerprint density at radius 3 is 2.24 bits per heavy atom. The fourth-order valence-electron chi connectivity index (χ4n) is 2.39. The Balaban J connectivity index is 1.83. The minimum absolute atomic E-state index is 0.195. The predicted molar refractivity (Wildman–Crippen MR) is 109 cm³/mol. The molecule has 0 unspecified atom stereocenters. The topological polar surface area (TPSA) is 115 Å². The van der Waals surface area contributed by atoms with Crippen molar-refractivity contribution in [3.8, 4) is 17.0 Å². The first-order valence-corrected chi connectivity index (χ1v) is 10.3. The maximum absolute atomic E-state index is 12.2. The molecule has 0 fully saturated rings. The van der Waals surface area contributed by atoms with Crippen molar-refractivity contribution in [3.63, 3.8) is 0 Å². The average molecular weight is 410 g/mol. The highest BCUT2D eigenvalue weighted by atomic mass is 32.2. The Kier molecular flexibility index (Phi) is 5.89. The largest absolute Gasteiger partial charge is 0.366 e. The van der Waals surface area contributed by atoms with Crippen molar-refractivity contribution in [3.05, 3.63) is 84.6 Å². The highest BCUT2D eigenvalue weighted by Gasteiger charge is 2.23. The van der Waals surface area contributed by atoms with Crippen molar-refractivity contribution in [2.45, 2.75) is 0 Å². The van der Waals surface area contributed by atoms with Crippen molar-refractivity contribution >= 4 is 21.9 Å². The van der Waals surface area contributed by atoms with Crippen LogP contribution in [0.5, 0.6) is 5.75 Å². The van der Waals surface area contributed by atoms with Crippen LogP contribution in [0, 0.1) is 0 Å². The van der Waals surface area contributed by atoms with E-state index in [1.54, 1.807) is 60.8 Å². The lowest BCUT2D eigenvalue weighted by Crippen LogP contribution is -2.44. The number of guanidine groups is 1. The molecule has 0 atom stereocenters. The molecule has 0 saturated heterocycles. The van der Waals surface area contributed by atoms with Gasteiger partial charge >= 0.3 is 0 Å². The number of hydrogen-bond donors (Lipinski definition) is 1. The van der Waals surface area contributed by atoms with Gasteiger partial charge in [-0.3, -0.25) is 9.78 Å². The van der Waals surface area contributed by atoms with Gasteiger partial charge in [-0.05, 0) is 48.5 Å². The summed E-state index contributed by atoms with van der Waals surface area (Å²) < 4.78 is 24.6. The molecule has 3 aromatic rings. The zero-order valence-electron chi connectivity index (χ0n) is 15.5. The monoisotopic (exact) mass is 410 g/mol. The molecular formula is C20H18N4O4S. The van der Waals surface area contributed by atoms with Gasteiger partial charge in [0.25, 0.3) is 21.9 Å². The van der Waals surface area contributed by atoms with Crippen LogP contribution < -0.4 is 10.6 Å². The fourth-order valence-corrected chi connectivity index (χ4v) is 2.99. The van der Waals surface area contributed by atoms with E-state index in [0.717, 1.165) is 17.5 Å². The molecule has 9 heteroatoms. The fraction of sp³-hybridized carbons (Fsp3) is 0.0500. The molecule has 2 aromatic carbocycles. The third kappa shape index (κ3) is 5.17. The number of benzene rings is 2. The van der Waals surface area contributed by atoms with E-state index in [-0.39, 0.29) is 11.3 Å². The van der Waals surface area contributed by atoms with Crippen LogP contribution in [-0.2, 0) is 10.0 Å². The number of carbonyl (C=O) groups excluding carboxylic acids is 1. The number of nitrogens with zero attached hydrogens (tertiary/aromatic N) is 3. The lowest BCUT2D eigenvalue weighted by Gasteiger charge is -2.20. The van der Waals surface area contributed by atoms with Crippen molar-refractivity contribution in [2.75, 3.05) is 6.26 Å². The second kappa shape index (κ2) is 8.53. The van der Waals surface area contributed by atoms with Gasteiger partial charge in [-0.1, -0.05) is 28.7 Å². The number of aromatic nitrogens is 1. The van der Waals surface area contributed by atoms with E-state index in [1.165, 1.54) is 0 Å². The summed E-state index contributed by atoms with van der Waals surface area (Å²) >= 11 is 0. The Hall–Kier alpha value is -3.72. The number of carbonyl (C=O) groups is 1. The zero-order chi connectivity index (χ0) is 20.9. The van der Waals surface area contributed by atoms with E-state index in [2.05, 4.69) is 9.98 Å². The smallest absolute Gasteiger partial charge is 0.280 e. The number of amides is 1. The van der Waals surface area contributed by atoms with Gasteiger partial charge in [0.2, 0.25) is 0 Å². The summed E-state index contributed by atoms with van der Waals surface area (Å²) in [7, 11) is -3.96. The summed E-state index contributed by atoms with van der Waals surface area (Å²) in [6, 6.07) is 20.2. The van der Waals surface area contributed by atoms with Gasteiger partial charge in [-0.15, -0.1) is 0 Å². The molecule has 0 aliphatic heterocycles. The van der Waals surface area contributed by atoms with Crippen LogP contribution in [0.15, 0.2) is 84.0 Å². The van der Waals surface area contributed by atoms with Gasteiger partial charge in [0.05, 0.1) is 11.9 Å². The van der Waals surface area contributed by atoms with Crippen LogP contribution in [0.25, 0.3) is 11.3 Å². The molecule has 148 valence electrons. The molecule has 29 heavy (non-hydrogen) atoms. The molecule has 0 aliphatic carbocycles. The maximum atomic E-state index is 12.2. The first kappa shape index (κ1) is 20.0. The van der Waals surface area contributed by atoms with Crippen LogP contribution in [0.3, 0.4) is 0 Å². The molecule has 3 rings (SSSR count). The molecule has 1 heterocycles. The maximum Gasteiger partial charge on any atom is 0.280 e. The van der Waals surface area contributed by atoms with E-state index in [0.29, 0.717) is 4.47 Å². The van der Waals surface area contributed by atoms with Gasteiger partial charge in [0, 0.05) is 17.3 Å². The third-order valence-electron chi connectivity index (χ3n) is 3.73. The van der Waals surface area contributed by atoms with Gasteiger partial charge < -0.3 is 10.6 Å². The summed E-state index contributed by atoms with van der Waals surface area (Å²) in [6.07, 6.45) is 2.57. The van der Waals surface area contributed by atoms with E-state index in [9.17, 15) is 13.2 Å². The quantitative estimate of drug-likeness (QED) is 0.392. The van der Waals surface area contributed by atoms with Crippen LogP contribution in [-0.4, -0.2) is 36.0 Å². The molecule has 0 aliphatic rings. The van der Waals surface area contributed by atoms with Crippen molar-refractivity contribution in [1.29, 1.82) is 0 Å². The highest BCUT2D eigenvalue weighted by Crippen LogP contribution is 2.21. The van der Waals surface area contributed by atoms with E-state index in [4.69, 9.17) is 10.6 Å².